The number of nitrogens with zero attached hydrogens (tertiary/aromatic N) is 1. The van der Waals surface area contributed by atoms with Crippen molar-refractivity contribution in [3.05, 3.63) is 33.6 Å². The maximum Gasteiger partial charge on any atom is 0.345 e. The standard InChI is InChI=1S/C9H9FN2O4/c1-2-16-9(13)6-3-5(10)4-7(11)8(6)12(14)15/h3-4H,2,11H2,1H3. The highest BCUT2D eigenvalue weighted by Crippen LogP contribution is 2.28. The SMILES string of the molecule is CCOC(=O)c1cc(F)cc(N)c1[N+](=O)[O-]. The first-order valence-electron chi connectivity index (χ1n) is 4.38. The molecule has 16 heavy (non-hydrogen) atoms. The largest absolute Gasteiger partial charge is 0.462 e. The molecule has 0 fully saturated rings. The van der Waals surface area contributed by atoms with Gasteiger partial charge in [-0.05, 0) is 13.0 Å². The molecule has 1 rings (SSSR count). The third-order valence-corrected chi connectivity index (χ3v) is 1.78. The van der Waals surface area contributed by atoms with E-state index in [1.807, 2.05) is 0 Å². The van der Waals surface area contributed by atoms with Gasteiger partial charge in [-0.15, -0.1) is 0 Å². The van der Waals surface area contributed by atoms with Crippen molar-refractivity contribution in [2.75, 3.05) is 12.3 Å². The molecule has 0 atom stereocenters. The van der Waals surface area contributed by atoms with Crippen LogP contribution in [-0.2, 0) is 4.74 Å². The molecule has 0 radical (unpaired) electrons. The summed E-state index contributed by atoms with van der Waals surface area (Å²) in [5, 5.41) is 10.7. The molecule has 86 valence electrons. The second kappa shape index (κ2) is 4.56. The number of nitrogens with two attached hydrogens (primary N) is 1. The van der Waals surface area contributed by atoms with E-state index in [1.165, 1.54) is 6.92 Å². The van der Waals surface area contributed by atoms with Crippen molar-refractivity contribution in [2.45, 2.75) is 6.92 Å². The second-order valence-electron chi connectivity index (χ2n) is 2.87. The first-order valence-corrected chi connectivity index (χ1v) is 4.38. The number of anilines is 1. The molecule has 1 aromatic carbocycles. The van der Waals surface area contributed by atoms with Crippen LogP contribution in [0.1, 0.15) is 17.3 Å². The Hall–Kier alpha value is -2.18. The van der Waals surface area contributed by atoms with Crippen molar-refractivity contribution in [3.8, 4) is 0 Å². The van der Waals surface area contributed by atoms with Crippen LogP contribution in [0.4, 0.5) is 15.8 Å². The van der Waals surface area contributed by atoms with Crippen molar-refractivity contribution in [3.63, 3.8) is 0 Å². The summed E-state index contributed by atoms with van der Waals surface area (Å²) in [4.78, 5) is 21.1. The van der Waals surface area contributed by atoms with Crippen LogP contribution in [0.25, 0.3) is 0 Å². The van der Waals surface area contributed by atoms with Gasteiger partial charge in [0.2, 0.25) is 0 Å². The first-order chi connectivity index (χ1) is 7.47. The second-order valence-corrected chi connectivity index (χ2v) is 2.87. The lowest BCUT2D eigenvalue weighted by molar-refractivity contribution is -0.384. The van der Waals surface area contributed by atoms with E-state index >= 15 is 0 Å². The molecule has 0 unspecified atom stereocenters. The first kappa shape index (κ1) is 11.9. The molecule has 0 saturated heterocycles. The molecule has 6 nitrogen and oxygen atoms in total. The predicted molar refractivity (Wildman–Crippen MR) is 53.4 cm³/mol. The number of hydrogen-bond acceptors (Lipinski definition) is 5. The Balaban J connectivity index is 3.35. The van der Waals surface area contributed by atoms with E-state index in [1.54, 1.807) is 0 Å². The Labute approximate surface area is 90.0 Å². The van der Waals surface area contributed by atoms with E-state index < -0.39 is 33.6 Å². The molecular formula is C9H9FN2O4. The summed E-state index contributed by atoms with van der Waals surface area (Å²) in [5.74, 6) is -1.80. The topological polar surface area (TPSA) is 95.5 Å². The van der Waals surface area contributed by atoms with E-state index in [2.05, 4.69) is 4.74 Å². The van der Waals surface area contributed by atoms with Gasteiger partial charge in [-0.3, -0.25) is 10.1 Å². The van der Waals surface area contributed by atoms with Gasteiger partial charge in [-0.2, -0.15) is 0 Å². The molecule has 0 heterocycles. The van der Waals surface area contributed by atoms with E-state index in [9.17, 15) is 19.3 Å². The molecule has 7 heteroatoms. The van der Waals surface area contributed by atoms with E-state index in [0.717, 1.165) is 12.1 Å². The summed E-state index contributed by atoms with van der Waals surface area (Å²) in [7, 11) is 0. The Morgan fingerprint density at radius 2 is 2.25 bits per heavy atom. The molecule has 2 N–H and O–H groups in total. The number of halogens is 1. The highest BCUT2D eigenvalue weighted by molar-refractivity contribution is 5.96. The maximum absolute atomic E-state index is 13.0. The number of carbonyl (C=O) groups excluding carboxylic acids is 1. The zero-order chi connectivity index (χ0) is 12.3. The van der Waals surface area contributed by atoms with E-state index in [0.29, 0.717) is 0 Å². The lowest BCUT2D eigenvalue weighted by Crippen LogP contribution is -2.10. The number of nitrogen functional groups attached to an aromatic ring is 1. The van der Waals surface area contributed by atoms with Crippen LogP contribution in [0.15, 0.2) is 12.1 Å². The number of nitro benzene ring substituents is 1. The van der Waals surface area contributed by atoms with Crippen molar-refractivity contribution in [1.82, 2.24) is 0 Å². The molecule has 0 aliphatic rings. The van der Waals surface area contributed by atoms with Crippen LogP contribution >= 0.6 is 0 Å². The monoisotopic (exact) mass is 228 g/mol. The third kappa shape index (κ3) is 2.25. The van der Waals surface area contributed by atoms with Crippen LogP contribution in [-0.4, -0.2) is 17.5 Å². The highest BCUT2D eigenvalue weighted by Gasteiger charge is 2.25. The molecule has 0 aliphatic heterocycles. The number of ether oxygens (including phenoxy) is 1. The quantitative estimate of drug-likeness (QED) is 0.366. The fourth-order valence-electron chi connectivity index (χ4n) is 1.19. The minimum atomic E-state index is -0.972. The molecule has 0 aliphatic carbocycles. The van der Waals surface area contributed by atoms with E-state index in [4.69, 9.17) is 5.73 Å². The minimum absolute atomic E-state index is 0.0341. The van der Waals surface area contributed by atoms with Gasteiger partial charge in [-0.25, -0.2) is 9.18 Å². The Kier molecular flexibility index (Phi) is 3.39. The summed E-state index contributed by atoms with van der Waals surface area (Å²) in [6.45, 7) is 1.57. The summed E-state index contributed by atoms with van der Waals surface area (Å²) < 4.78 is 17.5. The normalized spacial score (nSPS) is 9.88. The molecular weight excluding hydrogens is 219 g/mol. The smallest absolute Gasteiger partial charge is 0.345 e. The summed E-state index contributed by atoms with van der Waals surface area (Å²) in [6.07, 6.45) is 0. The number of hydrogen-bond donors (Lipinski definition) is 1. The average Bonchev–Trinajstić information content (AvgIpc) is 2.15. The Morgan fingerprint density at radius 3 is 2.75 bits per heavy atom. The van der Waals surface area contributed by atoms with Gasteiger partial charge in [0.1, 0.15) is 17.1 Å². The molecule has 0 aromatic heterocycles. The number of esters is 1. The molecule has 0 spiro atoms. The van der Waals surface area contributed by atoms with Gasteiger partial charge < -0.3 is 10.5 Å². The van der Waals surface area contributed by atoms with Crippen molar-refractivity contribution >= 4 is 17.3 Å². The average molecular weight is 228 g/mol. The van der Waals surface area contributed by atoms with Gasteiger partial charge >= 0.3 is 11.7 Å². The zero-order valence-corrected chi connectivity index (χ0v) is 8.40. The van der Waals surface area contributed by atoms with Crippen LogP contribution in [0.2, 0.25) is 0 Å². The Morgan fingerprint density at radius 1 is 1.62 bits per heavy atom. The van der Waals surface area contributed by atoms with Gasteiger partial charge in [0.25, 0.3) is 0 Å². The number of nitro groups is 1. The van der Waals surface area contributed by atoms with Gasteiger partial charge in [0, 0.05) is 6.07 Å². The van der Waals surface area contributed by atoms with Gasteiger partial charge in [0.15, 0.2) is 0 Å². The van der Waals surface area contributed by atoms with Crippen LogP contribution in [0, 0.1) is 15.9 Å². The number of carbonyl (C=O) groups is 1. The van der Waals surface area contributed by atoms with Crippen LogP contribution < -0.4 is 5.73 Å². The molecule has 0 saturated carbocycles. The van der Waals surface area contributed by atoms with Crippen LogP contribution in [0.5, 0.6) is 0 Å². The highest BCUT2D eigenvalue weighted by atomic mass is 19.1. The summed E-state index contributed by atoms with van der Waals surface area (Å²) in [6, 6.07) is 1.51. The van der Waals surface area contributed by atoms with Crippen molar-refractivity contribution < 1.29 is 18.8 Å². The number of benzene rings is 1. The third-order valence-electron chi connectivity index (χ3n) is 1.78. The van der Waals surface area contributed by atoms with Crippen molar-refractivity contribution in [2.24, 2.45) is 0 Å². The van der Waals surface area contributed by atoms with Crippen LogP contribution in [0.3, 0.4) is 0 Å². The minimum Gasteiger partial charge on any atom is -0.462 e. The molecule has 1 aromatic rings. The molecule has 0 bridgehead atoms. The fourth-order valence-corrected chi connectivity index (χ4v) is 1.19. The van der Waals surface area contributed by atoms with Crippen molar-refractivity contribution in [1.29, 1.82) is 0 Å². The van der Waals surface area contributed by atoms with E-state index in [-0.39, 0.29) is 6.61 Å². The molecule has 0 amide bonds. The zero-order valence-electron chi connectivity index (χ0n) is 8.40. The number of rotatable bonds is 3. The summed E-state index contributed by atoms with van der Waals surface area (Å²) >= 11 is 0. The Bertz CT molecular complexity index is 447. The lowest BCUT2D eigenvalue weighted by Gasteiger charge is -2.05. The van der Waals surface area contributed by atoms with Gasteiger partial charge in [0.05, 0.1) is 11.5 Å². The van der Waals surface area contributed by atoms with Gasteiger partial charge in [-0.1, -0.05) is 0 Å². The summed E-state index contributed by atoms with van der Waals surface area (Å²) in [5.41, 5.74) is 3.74. The fraction of sp³-hybridized carbons (Fsp3) is 0.222. The lowest BCUT2D eigenvalue weighted by atomic mass is 10.1. The maximum atomic E-state index is 13.0. The predicted octanol–water partition coefficient (Wildman–Crippen LogP) is 1.49.